The minimum Gasteiger partial charge on any atom is -0.444 e. The molecular formula is C11H20N4O2. The SMILES string of the molecule is CCc1cnc(CNCCCCC(N)=NO)o1. The second-order valence-corrected chi connectivity index (χ2v) is 3.80. The van der Waals surface area contributed by atoms with Gasteiger partial charge >= 0.3 is 0 Å². The molecule has 0 aliphatic carbocycles. The highest BCUT2D eigenvalue weighted by Gasteiger charge is 2.01. The molecule has 0 bridgehead atoms. The van der Waals surface area contributed by atoms with Crippen molar-refractivity contribution in [3.63, 3.8) is 0 Å². The molecule has 96 valence electrons. The van der Waals surface area contributed by atoms with Crippen LogP contribution in [0.25, 0.3) is 0 Å². The average Bonchev–Trinajstić information content (AvgIpc) is 2.81. The predicted octanol–water partition coefficient (Wildman–Crippen LogP) is 1.24. The molecular weight excluding hydrogens is 220 g/mol. The van der Waals surface area contributed by atoms with Crippen molar-refractivity contribution in [2.75, 3.05) is 6.54 Å². The lowest BCUT2D eigenvalue weighted by atomic mass is 10.2. The molecule has 1 heterocycles. The van der Waals surface area contributed by atoms with Gasteiger partial charge in [-0.15, -0.1) is 0 Å². The number of nitrogens with two attached hydrogens (primary N) is 1. The second kappa shape index (κ2) is 7.67. The highest BCUT2D eigenvalue weighted by Crippen LogP contribution is 2.03. The van der Waals surface area contributed by atoms with E-state index in [1.54, 1.807) is 6.20 Å². The largest absolute Gasteiger partial charge is 0.444 e. The maximum absolute atomic E-state index is 8.34. The van der Waals surface area contributed by atoms with Crippen LogP contribution in [0.2, 0.25) is 0 Å². The maximum Gasteiger partial charge on any atom is 0.208 e. The topological polar surface area (TPSA) is 96.7 Å². The number of aromatic nitrogens is 1. The Morgan fingerprint density at radius 3 is 3.06 bits per heavy atom. The first-order valence-corrected chi connectivity index (χ1v) is 5.87. The maximum atomic E-state index is 8.34. The van der Waals surface area contributed by atoms with Crippen molar-refractivity contribution in [1.29, 1.82) is 0 Å². The second-order valence-electron chi connectivity index (χ2n) is 3.80. The summed E-state index contributed by atoms with van der Waals surface area (Å²) in [5.41, 5.74) is 5.35. The molecule has 1 aromatic heterocycles. The molecule has 0 saturated heterocycles. The lowest BCUT2D eigenvalue weighted by Gasteiger charge is -2.01. The van der Waals surface area contributed by atoms with E-state index in [0.717, 1.165) is 37.5 Å². The standard InChI is InChI=1S/C11H20N4O2/c1-2-9-7-14-11(17-9)8-13-6-4-3-5-10(12)15-16/h7,13,16H,2-6,8H2,1H3,(H2,12,15). The first-order valence-electron chi connectivity index (χ1n) is 5.87. The molecule has 0 spiro atoms. The zero-order valence-corrected chi connectivity index (χ0v) is 10.1. The monoisotopic (exact) mass is 240 g/mol. The van der Waals surface area contributed by atoms with Gasteiger partial charge in [0.25, 0.3) is 0 Å². The Hall–Kier alpha value is -1.56. The molecule has 0 aliphatic heterocycles. The first kappa shape index (κ1) is 13.5. The molecule has 17 heavy (non-hydrogen) atoms. The van der Waals surface area contributed by atoms with Crippen LogP contribution < -0.4 is 11.1 Å². The number of nitrogens with zero attached hydrogens (tertiary/aromatic N) is 2. The lowest BCUT2D eigenvalue weighted by Crippen LogP contribution is -2.16. The normalized spacial score (nSPS) is 11.9. The zero-order valence-electron chi connectivity index (χ0n) is 10.1. The Morgan fingerprint density at radius 2 is 2.41 bits per heavy atom. The van der Waals surface area contributed by atoms with E-state index in [-0.39, 0.29) is 5.84 Å². The van der Waals surface area contributed by atoms with Gasteiger partial charge in [0.15, 0.2) is 0 Å². The number of amidine groups is 1. The van der Waals surface area contributed by atoms with Crippen LogP contribution in [0, 0.1) is 0 Å². The quantitative estimate of drug-likeness (QED) is 0.209. The first-order chi connectivity index (χ1) is 8.26. The fourth-order valence-electron chi connectivity index (χ4n) is 1.39. The third-order valence-corrected chi connectivity index (χ3v) is 2.39. The van der Waals surface area contributed by atoms with Crippen LogP contribution in [0.15, 0.2) is 15.8 Å². The molecule has 1 rings (SSSR count). The van der Waals surface area contributed by atoms with Crippen molar-refractivity contribution in [2.45, 2.75) is 39.2 Å². The third-order valence-electron chi connectivity index (χ3n) is 2.39. The minimum absolute atomic E-state index is 0.283. The van der Waals surface area contributed by atoms with Crippen molar-refractivity contribution in [2.24, 2.45) is 10.9 Å². The molecule has 4 N–H and O–H groups in total. The van der Waals surface area contributed by atoms with E-state index in [1.807, 2.05) is 6.92 Å². The minimum atomic E-state index is 0.283. The van der Waals surface area contributed by atoms with Gasteiger partial charge in [0, 0.05) is 12.8 Å². The van der Waals surface area contributed by atoms with Crippen LogP contribution in [0.4, 0.5) is 0 Å². The van der Waals surface area contributed by atoms with Crippen LogP contribution in [0.1, 0.15) is 37.8 Å². The van der Waals surface area contributed by atoms with Gasteiger partial charge in [-0.2, -0.15) is 0 Å². The molecule has 6 heteroatoms. The van der Waals surface area contributed by atoms with Crippen LogP contribution in [-0.4, -0.2) is 22.6 Å². The molecule has 0 aliphatic rings. The number of oxime groups is 1. The van der Waals surface area contributed by atoms with E-state index in [9.17, 15) is 0 Å². The van der Waals surface area contributed by atoms with E-state index < -0.39 is 0 Å². The number of hydrogen-bond acceptors (Lipinski definition) is 5. The van der Waals surface area contributed by atoms with Crippen LogP contribution in [-0.2, 0) is 13.0 Å². The third kappa shape index (κ3) is 5.35. The van der Waals surface area contributed by atoms with E-state index in [0.29, 0.717) is 13.0 Å². The highest BCUT2D eigenvalue weighted by molar-refractivity contribution is 5.79. The van der Waals surface area contributed by atoms with E-state index in [1.165, 1.54) is 0 Å². The summed E-state index contributed by atoms with van der Waals surface area (Å²) < 4.78 is 5.45. The van der Waals surface area contributed by atoms with Crippen molar-refractivity contribution in [1.82, 2.24) is 10.3 Å². The fraction of sp³-hybridized carbons (Fsp3) is 0.636. The number of nitrogens with one attached hydrogen (secondary N) is 1. The molecule has 0 amide bonds. The summed E-state index contributed by atoms with van der Waals surface area (Å²) in [4.78, 5) is 4.14. The van der Waals surface area contributed by atoms with Crippen molar-refractivity contribution in [3.05, 3.63) is 17.8 Å². The molecule has 0 aromatic carbocycles. The summed E-state index contributed by atoms with van der Waals surface area (Å²) in [5.74, 6) is 1.91. The summed E-state index contributed by atoms with van der Waals surface area (Å²) >= 11 is 0. The molecule has 1 aromatic rings. The van der Waals surface area contributed by atoms with E-state index >= 15 is 0 Å². The van der Waals surface area contributed by atoms with Crippen LogP contribution in [0.5, 0.6) is 0 Å². The summed E-state index contributed by atoms with van der Waals surface area (Å²) in [6, 6.07) is 0. The van der Waals surface area contributed by atoms with E-state index in [4.69, 9.17) is 15.4 Å². The lowest BCUT2D eigenvalue weighted by molar-refractivity contribution is 0.316. The van der Waals surface area contributed by atoms with Gasteiger partial charge in [0.2, 0.25) is 5.89 Å². The van der Waals surface area contributed by atoms with Crippen molar-refractivity contribution < 1.29 is 9.62 Å². The van der Waals surface area contributed by atoms with Gasteiger partial charge in [-0.3, -0.25) is 0 Å². The van der Waals surface area contributed by atoms with Crippen LogP contribution >= 0.6 is 0 Å². The predicted molar refractivity (Wildman–Crippen MR) is 64.8 cm³/mol. The Balaban J connectivity index is 2.04. The smallest absolute Gasteiger partial charge is 0.208 e. The van der Waals surface area contributed by atoms with Crippen molar-refractivity contribution in [3.8, 4) is 0 Å². The van der Waals surface area contributed by atoms with Gasteiger partial charge in [-0.05, 0) is 19.4 Å². The molecule has 0 unspecified atom stereocenters. The average molecular weight is 240 g/mol. The summed E-state index contributed by atoms with van der Waals surface area (Å²) in [5, 5.41) is 14.5. The number of rotatable bonds is 8. The highest BCUT2D eigenvalue weighted by atomic mass is 16.4. The Labute approximate surface area is 101 Å². The van der Waals surface area contributed by atoms with Gasteiger partial charge in [0.1, 0.15) is 11.6 Å². The number of oxazole rings is 1. The zero-order chi connectivity index (χ0) is 12.5. The summed E-state index contributed by atoms with van der Waals surface area (Å²) in [7, 11) is 0. The van der Waals surface area contributed by atoms with Crippen LogP contribution in [0.3, 0.4) is 0 Å². The summed E-state index contributed by atoms with van der Waals surface area (Å²) in [6.45, 7) is 3.54. The molecule has 0 fully saturated rings. The fourth-order valence-corrected chi connectivity index (χ4v) is 1.39. The number of unbranched alkanes of at least 4 members (excludes halogenated alkanes) is 1. The van der Waals surface area contributed by atoms with Gasteiger partial charge in [-0.1, -0.05) is 12.1 Å². The molecule has 6 nitrogen and oxygen atoms in total. The molecule has 0 atom stereocenters. The Kier molecular flexibility index (Phi) is 6.09. The van der Waals surface area contributed by atoms with Gasteiger partial charge in [-0.25, -0.2) is 4.98 Å². The Bertz CT molecular complexity index is 349. The number of hydrogen-bond donors (Lipinski definition) is 3. The van der Waals surface area contributed by atoms with Crippen molar-refractivity contribution >= 4 is 5.84 Å². The van der Waals surface area contributed by atoms with Gasteiger partial charge in [0.05, 0.1) is 12.7 Å². The van der Waals surface area contributed by atoms with Gasteiger partial charge < -0.3 is 20.7 Å². The number of aryl methyl sites for hydroxylation is 1. The molecule has 0 radical (unpaired) electrons. The summed E-state index contributed by atoms with van der Waals surface area (Å²) in [6.07, 6.45) is 5.12. The Morgan fingerprint density at radius 1 is 1.59 bits per heavy atom. The van der Waals surface area contributed by atoms with E-state index in [2.05, 4.69) is 15.5 Å². The molecule has 0 saturated carbocycles.